The van der Waals surface area contributed by atoms with Crippen LogP contribution >= 0.6 is 0 Å². The number of aryl methyl sites for hydroxylation is 2. The van der Waals surface area contributed by atoms with Crippen molar-refractivity contribution in [3.05, 3.63) is 117 Å². The summed E-state index contributed by atoms with van der Waals surface area (Å²) in [4.78, 5) is 22.9. The molecular formula is C29H31N7O. The van der Waals surface area contributed by atoms with E-state index in [-0.39, 0.29) is 11.6 Å². The Kier molecular flexibility index (Phi) is 7.18. The van der Waals surface area contributed by atoms with E-state index in [4.69, 9.17) is 0 Å². The lowest BCUT2D eigenvalue weighted by Gasteiger charge is -2.30. The van der Waals surface area contributed by atoms with Crippen LogP contribution in [-0.4, -0.2) is 35.1 Å². The molecule has 0 spiro atoms. The van der Waals surface area contributed by atoms with Gasteiger partial charge >= 0.3 is 0 Å². The summed E-state index contributed by atoms with van der Waals surface area (Å²) in [5.74, 6) is 0.777. The van der Waals surface area contributed by atoms with Crippen LogP contribution in [0.15, 0.2) is 77.9 Å². The highest BCUT2D eigenvalue weighted by Gasteiger charge is 2.26. The number of nitrogens with one attached hydrogen (secondary N) is 1. The first kappa shape index (κ1) is 24.5. The Morgan fingerprint density at radius 3 is 2.57 bits per heavy atom. The molecule has 0 saturated heterocycles. The summed E-state index contributed by atoms with van der Waals surface area (Å²) in [6.07, 6.45) is 4.41. The van der Waals surface area contributed by atoms with Crippen molar-refractivity contribution in [3.63, 3.8) is 0 Å². The molecule has 0 amide bonds. The predicted molar refractivity (Wildman–Crippen MR) is 144 cm³/mol. The van der Waals surface area contributed by atoms with Crippen LogP contribution in [0.4, 0.5) is 0 Å². The molecule has 1 atom stereocenters. The van der Waals surface area contributed by atoms with Crippen LogP contribution < -0.4 is 5.56 Å². The minimum absolute atomic E-state index is 0.0765. The Morgan fingerprint density at radius 2 is 1.81 bits per heavy atom. The molecule has 1 unspecified atom stereocenters. The highest BCUT2D eigenvalue weighted by Crippen LogP contribution is 2.27. The maximum Gasteiger partial charge on any atom is 0.252 e. The van der Waals surface area contributed by atoms with Crippen molar-refractivity contribution in [2.45, 2.75) is 52.9 Å². The molecular weight excluding hydrogens is 462 g/mol. The van der Waals surface area contributed by atoms with Crippen molar-refractivity contribution in [2.75, 3.05) is 0 Å². The van der Waals surface area contributed by atoms with E-state index in [9.17, 15) is 4.79 Å². The third-order valence-electron chi connectivity index (χ3n) is 6.73. The summed E-state index contributed by atoms with van der Waals surface area (Å²) >= 11 is 0. The van der Waals surface area contributed by atoms with E-state index < -0.39 is 0 Å². The number of tetrazole rings is 1. The maximum absolute atomic E-state index is 13.2. The van der Waals surface area contributed by atoms with Crippen LogP contribution in [0.5, 0.6) is 0 Å². The van der Waals surface area contributed by atoms with E-state index in [2.05, 4.69) is 68.5 Å². The lowest BCUT2D eigenvalue weighted by Crippen LogP contribution is -2.32. The first-order chi connectivity index (χ1) is 18.0. The Labute approximate surface area is 216 Å². The monoisotopic (exact) mass is 493 g/mol. The average Bonchev–Trinajstić information content (AvgIpc) is 3.34. The van der Waals surface area contributed by atoms with Gasteiger partial charge in [-0.25, -0.2) is 4.68 Å². The SMILES string of the molecule is CCC(c1nnnn1Cc1ccccc1)N(Cc1cccnc1)Cc1cc2c(C)cc(C)cc2[nH]c1=O. The third kappa shape index (κ3) is 5.49. The number of aromatic amines is 1. The Bertz CT molecular complexity index is 1540. The number of hydrogen-bond donors (Lipinski definition) is 1. The van der Waals surface area contributed by atoms with E-state index in [1.165, 1.54) is 0 Å². The number of nitrogens with zero attached hydrogens (tertiary/aromatic N) is 6. The number of rotatable bonds is 9. The highest BCUT2D eigenvalue weighted by atomic mass is 16.1. The zero-order valence-electron chi connectivity index (χ0n) is 21.4. The van der Waals surface area contributed by atoms with Gasteiger partial charge in [0.2, 0.25) is 0 Å². The third-order valence-corrected chi connectivity index (χ3v) is 6.73. The molecule has 0 aliphatic carbocycles. The summed E-state index contributed by atoms with van der Waals surface area (Å²) in [5.41, 5.74) is 5.96. The molecule has 0 aliphatic rings. The van der Waals surface area contributed by atoms with E-state index in [0.717, 1.165) is 45.4 Å². The molecule has 0 radical (unpaired) electrons. The van der Waals surface area contributed by atoms with Crippen LogP contribution in [0, 0.1) is 13.8 Å². The van der Waals surface area contributed by atoms with E-state index in [1.54, 1.807) is 6.20 Å². The second kappa shape index (κ2) is 10.8. The standard InChI is InChI=1S/C29H31N7O/c1-4-27(28-32-33-34-36(28)18-22-9-6-5-7-10-22)35(17-23-11-8-12-30-16-23)19-24-15-25-21(3)13-20(2)14-26(25)31-29(24)37/h5-16,27H,4,17-19H2,1-3H3,(H,31,37). The summed E-state index contributed by atoms with van der Waals surface area (Å²) in [5, 5.41) is 13.8. The molecule has 188 valence electrons. The second-order valence-corrected chi connectivity index (χ2v) is 9.54. The van der Waals surface area contributed by atoms with Gasteiger partial charge < -0.3 is 4.98 Å². The van der Waals surface area contributed by atoms with Gasteiger partial charge in [-0.1, -0.05) is 49.4 Å². The average molecular weight is 494 g/mol. The number of benzene rings is 2. The summed E-state index contributed by atoms with van der Waals surface area (Å²) < 4.78 is 1.86. The van der Waals surface area contributed by atoms with Crippen LogP contribution in [0.3, 0.4) is 0 Å². The van der Waals surface area contributed by atoms with Crippen LogP contribution in [-0.2, 0) is 19.6 Å². The highest BCUT2D eigenvalue weighted by molar-refractivity contribution is 5.83. The fraction of sp³-hybridized carbons (Fsp3) is 0.276. The number of aromatic nitrogens is 6. The van der Waals surface area contributed by atoms with E-state index in [1.807, 2.05) is 54.2 Å². The van der Waals surface area contributed by atoms with Gasteiger partial charge in [0, 0.05) is 41.9 Å². The van der Waals surface area contributed by atoms with Crippen LogP contribution in [0.1, 0.15) is 53.0 Å². The van der Waals surface area contributed by atoms with Gasteiger partial charge in [-0.2, -0.15) is 0 Å². The van der Waals surface area contributed by atoms with Gasteiger partial charge in [0.1, 0.15) is 0 Å². The lowest BCUT2D eigenvalue weighted by molar-refractivity contribution is 0.161. The fourth-order valence-electron chi connectivity index (χ4n) is 4.98. The van der Waals surface area contributed by atoms with Crippen molar-refractivity contribution in [3.8, 4) is 0 Å². The summed E-state index contributed by atoms with van der Waals surface area (Å²) in [6.45, 7) is 7.88. The minimum Gasteiger partial charge on any atom is -0.322 e. The molecule has 0 aliphatic heterocycles. The smallest absolute Gasteiger partial charge is 0.252 e. The van der Waals surface area contributed by atoms with Crippen LogP contribution in [0.25, 0.3) is 10.9 Å². The first-order valence-electron chi connectivity index (χ1n) is 12.6. The molecule has 1 N–H and O–H groups in total. The molecule has 5 aromatic rings. The summed E-state index contributed by atoms with van der Waals surface area (Å²) in [7, 11) is 0. The molecule has 5 rings (SSSR count). The summed E-state index contributed by atoms with van der Waals surface area (Å²) in [6, 6.07) is 20.2. The van der Waals surface area contributed by atoms with Crippen molar-refractivity contribution < 1.29 is 0 Å². The Balaban J connectivity index is 1.53. The van der Waals surface area contributed by atoms with E-state index in [0.29, 0.717) is 25.2 Å². The molecule has 8 heteroatoms. The minimum atomic E-state index is -0.104. The van der Waals surface area contributed by atoms with Crippen molar-refractivity contribution >= 4 is 10.9 Å². The zero-order chi connectivity index (χ0) is 25.8. The van der Waals surface area contributed by atoms with Gasteiger partial charge in [0.15, 0.2) is 5.82 Å². The molecule has 0 saturated carbocycles. The largest absolute Gasteiger partial charge is 0.322 e. The molecule has 8 nitrogen and oxygen atoms in total. The first-order valence-corrected chi connectivity index (χ1v) is 12.6. The second-order valence-electron chi connectivity index (χ2n) is 9.54. The molecule has 3 aromatic heterocycles. The Hall–Kier alpha value is -4.17. The van der Waals surface area contributed by atoms with Crippen molar-refractivity contribution in [1.82, 2.24) is 35.1 Å². The van der Waals surface area contributed by atoms with Gasteiger partial charge in [-0.15, -0.1) is 5.10 Å². The topological polar surface area (TPSA) is 92.6 Å². The fourth-order valence-corrected chi connectivity index (χ4v) is 4.98. The van der Waals surface area contributed by atoms with Crippen molar-refractivity contribution in [2.24, 2.45) is 0 Å². The van der Waals surface area contributed by atoms with Gasteiger partial charge in [-0.3, -0.25) is 14.7 Å². The van der Waals surface area contributed by atoms with Gasteiger partial charge in [0.25, 0.3) is 5.56 Å². The number of H-pyrrole nitrogens is 1. The number of pyridine rings is 2. The van der Waals surface area contributed by atoms with E-state index >= 15 is 0 Å². The van der Waals surface area contributed by atoms with Gasteiger partial charge in [0.05, 0.1) is 12.6 Å². The molecule has 3 heterocycles. The molecule has 37 heavy (non-hydrogen) atoms. The van der Waals surface area contributed by atoms with Crippen molar-refractivity contribution in [1.29, 1.82) is 0 Å². The normalized spacial score (nSPS) is 12.3. The number of fused-ring (bicyclic) bond motifs is 1. The van der Waals surface area contributed by atoms with Crippen LogP contribution in [0.2, 0.25) is 0 Å². The molecule has 0 fully saturated rings. The molecule has 0 bridgehead atoms. The van der Waals surface area contributed by atoms with Gasteiger partial charge in [-0.05, 0) is 71.1 Å². The zero-order valence-corrected chi connectivity index (χ0v) is 21.4. The maximum atomic E-state index is 13.2. The lowest BCUT2D eigenvalue weighted by atomic mass is 10.0. The quantitative estimate of drug-likeness (QED) is 0.319. The Morgan fingerprint density at radius 1 is 1.00 bits per heavy atom. The molecule has 2 aromatic carbocycles. The number of hydrogen-bond acceptors (Lipinski definition) is 6. The predicted octanol–water partition coefficient (Wildman–Crippen LogP) is 4.73.